The van der Waals surface area contributed by atoms with E-state index in [0.29, 0.717) is 16.1 Å². The lowest BCUT2D eigenvalue weighted by Gasteiger charge is -2.13. The maximum absolute atomic E-state index is 13.3. The van der Waals surface area contributed by atoms with E-state index in [1.807, 2.05) is 0 Å². The van der Waals surface area contributed by atoms with Gasteiger partial charge in [0.25, 0.3) is 0 Å². The Kier molecular flexibility index (Phi) is 6.53. The molecule has 168 valence electrons. The molecular formula is C23H14ClF4N3OS. The quantitative estimate of drug-likeness (QED) is 0.171. The molecule has 4 nitrogen and oxygen atoms in total. The predicted molar refractivity (Wildman–Crippen MR) is 118 cm³/mol. The molecule has 4 rings (SSSR count). The third-order valence-corrected chi connectivity index (χ3v) is 5.94. The van der Waals surface area contributed by atoms with Crippen LogP contribution in [0.15, 0.2) is 78.0 Å². The largest absolute Gasteiger partial charge is 0.416 e. The summed E-state index contributed by atoms with van der Waals surface area (Å²) in [5.74, 6) is -0.604. The lowest BCUT2D eigenvalue weighted by atomic mass is 10.1. The molecule has 4 aromatic rings. The van der Waals surface area contributed by atoms with Crippen molar-refractivity contribution in [3.8, 4) is 17.1 Å². The second-order valence-electron chi connectivity index (χ2n) is 6.89. The maximum atomic E-state index is 13.3. The first-order valence-electron chi connectivity index (χ1n) is 9.53. The van der Waals surface area contributed by atoms with Crippen LogP contribution in [-0.2, 0) is 6.18 Å². The monoisotopic (exact) mass is 491 g/mol. The Balaban J connectivity index is 1.74. The Morgan fingerprint density at radius 3 is 2.39 bits per heavy atom. The number of Topliss-reactive ketones (excluding diaryl/α,β-unsaturated/α-hetero) is 1. The molecule has 0 amide bonds. The molecule has 1 aromatic heterocycles. The number of rotatable bonds is 6. The lowest BCUT2D eigenvalue weighted by Crippen LogP contribution is -2.08. The van der Waals surface area contributed by atoms with Crippen molar-refractivity contribution in [1.29, 1.82) is 0 Å². The van der Waals surface area contributed by atoms with E-state index < -0.39 is 17.6 Å². The molecule has 0 atom stereocenters. The van der Waals surface area contributed by atoms with Gasteiger partial charge in [-0.1, -0.05) is 41.6 Å². The fraction of sp³-hybridized carbons (Fsp3) is 0.0870. The van der Waals surface area contributed by atoms with Crippen LogP contribution in [0.5, 0.6) is 0 Å². The van der Waals surface area contributed by atoms with E-state index in [-0.39, 0.29) is 28.2 Å². The molecule has 0 bridgehead atoms. The first-order valence-corrected chi connectivity index (χ1v) is 10.9. The molecule has 0 unspecified atom stereocenters. The minimum absolute atomic E-state index is 0.0781. The van der Waals surface area contributed by atoms with Gasteiger partial charge in [0.05, 0.1) is 22.0 Å². The highest BCUT2D eigenvalue weighted by molar-refractivity contribution is 7.99. The molecule has 3 aromatic carbocycles. The number of ketones is 1. The van der Waals surface area contributed by atoms with Crippen LogP contribution in [0.1, 0.15) is 15.9 Å². The fourth-order valence-corrected chi connectivity index (χ4v) is 4.15. The molecule has 0 fully saturated rings. The van der Waals surface area contributed by atoms with E-state index in [4.69, 9.17) is 11.6 Å². The number of aromatic nitrogens is 3. The number of hydrogen-bond donors (Lipinski definition) is 0. The molecule has 0 aliphatic heterocycles. The standard InChI is InChI=1S/C23H14ClF4N3OS/c24-19-7-2-1-6-18(19)21-29-30-22(33-13-20(32)14-8-10-16(25)11-9-14)31(21)17-5-3-4-15(12-17)23(26,27)28/h1-12H,13H2. The number of carbonyl (C=O) groups is 1. The predicted octanol–water partition coefficient (Wildman–Crippen LogP) is 6.72. The van der Waals surface area contributed by atoms with Gasteiger partial charge in [0.2, 0.25) is 0 Å². The van der Waals surface area contributed by atoms with Gasteiger partial charge >= 0.3 is 6.18 Å². The molecule has 0 saturated carbocycles. The van der Waals surface area contributed by atoms with Crippen LogP contribution in [0.3, 0.4) is 0 Å². The number of benzene rings is 3. The van der Waals surface area contributed by atoms with Crippen LogP contribution in [-0.4, -0.2) is 26.3 Å². The van der Waals surface area contributed by atoms with Gasteiger partial charge in [0.15, 0.2) is 16.8 Å². The van der Waals surface area contributed by atoms with Crippen molar-refractivity contribution in [2.45, 2.75) is 11.3 Å². The third-order valence-electron chi connectivity index (χ3n) is 4.68. The number of halogens is 5. The molecule has 0 aliphatic rings. The Hall–Kier alpha value is -3.17. The normalized spacial score (nSPS) is 11.5. The molecular weight excluding hydrogens is 478 g/mol. The van der Waals surface area contributed by atoms with E-state index in [1.54, 1.807) is 24.3 Å². The zero-order valence-corrected chi connectivity index (χ0v) is 18.3. The van der Waals surface area contributed by atoms with Gasteiger partial charge < -0.3 is 0 Å². The van der Waals surface area contributed by atoms with Gasteiger partial charge in [-0.05, 0) is 54.6 Å². The second kappa shape index (κ2) is 9.36. The summed E-state index contributed by atoms with van der Waals surface area (Å²) < 4.78 is 54.5. The first kappa shape index (κ1) is 23.0. The number of thioether (sulfide) groups is 1. The van der Waals surface area contributed by atoms with Gasteiger partial charge in [-0.3, -0.25) is 9.36 Å². The Labute approximate surface area is 195 Å². The van der Waals surface area contributed by atoms with E-state index in [0.717, 1.165) is 23.9 Å². The van der Waals surface area contributed by atoms with Gasteiger partial charge in [-0.15, -0.1) is 10.2 Å². The second-order valence-corrected chi connectivity index (χ2v) is 8.24. The summed E-state index contributed by atoms with van der Waals surface area (Å²) in [6.45, 7) is 0. The van der Waals surface area contributed by atoms with Crippen LogP contribution in [0.4, 0.5) is 17.6 Å². The Morgan fingerprint density at radius 1 is 0.970 bits per heavy atom. The summed E-state index contributed by atoms with van der Waals surface area (Å²) in [5, 5.41) is 8.80. The van der Waals surface area contributed by atoms with Crippen LogP contribution < -0.4 is 0 Å². The molecule has 33 heavy (non-hydrogen) atoms. The summed E-state index contributed by atoms with van der Waals surface area (Å²) in [6.07, 6.45) is -4.54. The van der Waals surface area contributed by atoms with Crippen LogP contribution in [0.2, 0.25) is 5.02 Å². The van der Waals surface area contributed by atoms with Crippen molar-refractivity contribution < 1.29 is 22.4 Å². The number of nitrogens with zero attached hydrogens (tertiary/aromatic N) is 3. The minimum atomic E-state index is -4.54. The Bertz CT molecular complexity index is 1310. The number of carbonyl (C=O) groups excluding carboxylic acids is 1. The smallest absolute Gasteiger partial charge is 0.293 e. The average molecular weight is 492 g/mol. The lowest BCUT2D eigenvalue weighted by molar-refractivity contribution is -0.137. The van der Waals surface area contributed by atoms with Crippen molar-refractivity contribution >= 4 is 29.1 Å². The molecule has 0 radical (unpaired) electrons. The van der Waals surface area contributed by atoms with Crippen LogP contribution in [0.25, 0.3) is 17.1 Å². The summed E-state index contributed by atoms with van der Waals surface area (Å²) in [7, 11) is 0. The van der Waals surface area contributed by atoms with Gasteiger partial charge in [0.1, 0.15) is 5.82 Å². The third kappa shape index (κ3) is 5.09. The molecule has 10 heteroatoms. The van der Waals surface area contributed by atoms with E-state index in [9.17, 15) is 22.4 Å². The topological polar surface area (TPSA) is 47.8 Å². The van der Waals surface area contributed by atoms with Gasteiger partial charge in [0, 0.05) is 11.1 Å². The van der Waals surface area contributed by atoms with Crippen LogP contribution in [0, 0.1) is 5.82 Å². The molecule has 1 heterocycles. The highest BCUT2D eigenvalue weighted by Crippen LogP contribution is 2.35. The Morgan fingerprint density at radius 2 is 1.70 bits per heavy atom. The summed E-state index contributed by atoms with van der Waals surface area (Å²) in [5.41, 5.74) is 0.111. The molecule has 0 aliphatic carbocycles. The van der Waals surface area contributed by atoms with E-state index in [2.05, 4.69) is 10.2 Å². The maximum Gasteiger partial charge on any atom is 0.416 e. The zero-order valence-electron chi connectivity index (χ0n) is 16.7. The summed E-state index contributed by atoms with van der Waals surface area (Å²) in [4.78, 5) is 12.5. The van der Waals surface area contributed by atoms with Gasteiger partial charge in [-0.25, -0.2) is 4.39 Å². The van der Waals surface area contributed by atoms with Crippen LogP contribution >= 0.6 is 23.4 Å². The molecule has 0 saturated heterocycles. The zero-order chi connectivity index (χ0) is 23.6. The number of hydrogen-bond acceptors (Lipinski definition) is 4. The van der Waals surface area contributed by atoms with Gasteiger partial charge in [-0.2, -0.15) is 13.2 Å². The van der Waals surface area contributed by atoms with Crippen molar-refractivity contribution in [1.82, 2.24) is 14.8 Å². The molecule has 0 N–H and O–H groups in total. The van der Waals surface area contributed by atoms with Crippen molar-refractivity contribution in [3.05, 3.63) is 94.8 Å². The first-order chi connectivity index (χ1) is 15.7. The molecule has 0 spiro atoms. The van der Waals surface area contributed by atoms with E-state index in [1.165, 1.54) is 41.0 Å². The number of alkyl halides is 3. The fourth-order valence-electron chi connectivity index (χ4n) is 3.08. The SMILES string of the molecule is O=C(CSc1nnc(-c2ccccc2Cl)n1-c1cccc(C(F)(F)F)c1)c1ccc(F)cc1. The summed E-state index contributed by atoms with van der Waals surface area (Å²) in [6, 6.07) is 16.6. The highest BCUT2D eigenvalue weighted by Gasteiger charge is 2.31. The van der Waals surface area contributed by atoms with Crippen molar-refractivity contribution in [3.63, 3.8) is 0 Å². The minimum Gasteiger partial charge on any atom is -0.293 e. The highest BCUT2D eigenvalue weighted by atomic mass is 35.5. The van der Waals surface area contributed by atoms with Crippen molar-refractivity contribution in [2.75, 3.05) is 5.75 Å². The van der Waals surface area contributed by atoms with Crippen molar-refractivity contribution in [2.24, 2.45) is 0 Å². The average Bonchev–Trinajstić information content (AvgIpc) is 3.21. The van der Waals surface area contributed by atoms with E-state index >= 15 is 0 Å². The summed E-state index contributed by atoms with van der Waals surface area (Å²) >= 11 is 7.30.